The maximum Gasteiger partial charge on any atom is 0.145 e. The van der Waals surface area contributed by atoms with Crippen LogP contribution in [0.25, 0.3) is 10.1 Å². The quantitative estimate of drug-likeness (QED) is 0.714. The molecule has 1 aromatic carbocycles. The Morgan fingerprint density at radius 2 is 2.11 bits per heavy atom. The van der Waals surface area contributed by atoms with E-state index >= 15 is 0 Å². The molecular weight excluding hydrogens is 256 g/mol. The maximum absolute atomic E-state index is 8.89. The molecule has 0 aliphatic carbocycles. The summed E-state index contributed by atoms with van der Waals surface area (Å²) in [7, 11) is 1.94. The van der Waals surface area contributed by atoms with Crippen LogP contribution in [0.4, 0.5) is 11.5 Å². The number of hydrogen-bond donors (Lipinski definition) is 0. The smallest absolute Gasteiger partial charge is 0.145 e. The van der Waals surface area contributed by atoms with Gasteiger partial charge in [0.25, 0.3) is 0 Å². The third kappa shape index (κ3) is 2.02. The van der Waals surface area contributed by atoms with Crippen molar-refractivity contribution in [1.82, 2.24) is 9.97 Å². The molecule has 0 N–H and O–H groups in total. The number of hydrogen-bond acceptors (Lipinski definition) is 5. The average Bonchev–Trinajstić information content (AvgIpc) is 2.90. The van der Waals surface area contributed by atoms with E-state index in [0.29, 0.717) is 5.69 Å². The summed E-state index contributed by atoms with van der Waals surface area (Å²) < 4.78 is 1.24. The highest BCUT2D eigenvalue weighted by Crippen LogP contribution is 2.34. The molecule has 0 radical (unpaired) electrons. The zero-order valence-electron chi connectivity index (χ0n) is 10.2. The number of benzene rings is 1. The van der Waals surface area contributed by atoms with E-state index in [2.05, 4.69) is 27.5 Å². The van der Waals surface area contributed by atoms with Crippen molar-refractivity contribution in [2.75, 3.05) is 11.9 Å². The number of aromatic nitrogens is 2. The first-order valence-electron chi connectivity index (χ1n) is 5.71. The Kier molecular flexibility index (Phi) is 2.86. The van der Waals surface area contributed by atoms with Gasteiger partial charge in [-0.1, -0.05) is 18.2 Å². The largest absolute Gasteiger partial charge is 0.328 e. The van der Waals surface area contributed by atoms with Crippen LogP contribution in [0.2, 0.25) is 0 Å². The second-order valence-corrected chi connectivity index (χ2v) is 4.96. The minimum Gasteiger partial charge on any atom is -0.328 e. The topological polar surface area (TPSA) is 52.8 Å². The highest BCUT2D eigenvalue weighted by molar-refractivity contribution is 7.17. The van der Waals surface area contributed by atoms with Gasteiger partial charge in [-0.15, -0.1) is 11.3 Å². The van der Waals surface area contributed by atoms with Gasteiger partial charge in [-0.2, -0.15) is 5.26 Å². The lowest BCUT2D eigenvalue weighted by atomic mass is 10.2. The lowest BCUT2D eigenvalue weighted by Gasteiger charge is -2.17. The summed E-state index contributed by atoms with van der Waals surface area (Å²) in [6.45, 7) is 0. The van der Waals surface area contributed by atoms with Crippen LogP contribution in [0.5, 0.6) is 0 Å². The van der Waals surface area contributed by atoms with Gasteiger partial charge in [0.05, 0.1) is 5.69 Å². The van der Waals surface area contributed by atoms with E-state index < -0.39 is 0 Å². The molecule has 0 atom stereocenters. The van der Waals surface area contributed by atoms with Crippen LogP contribution in [0, 0.1) is 11.3 Å². The van der Waals surface area contributed by atoms with E-state index in [9.17, 15) is 0 Å². The molecule has 0 bridgehead atoms. The molecule has 3 aromatic rings. The highest BCUT2D eigenvalue weighted by atomic mass is 32.1. The SMILES string of the molecule is CN(c1cc(C#N)ncn1)c1csc2ccccc12. The molecule has 0 fully saturated rings. The molecule has 0 saturated heterocycles. The fourth-order valence-corrected chi connectivity index (χ4v) is 2.92. The molecule has 3 rings (SSSR count). The van der Waals surface area contributed by atoms with Crippen molar-refractivity contribution in [3.8, 4) is 6.07 Å². The molecule has 4 nitrogen and oxygen atoms in total. The summed E-state index contributed by atoms with van der Waals surface area (Å²) in [5, 5.41) is 12.2. The molecule has 5 heteroatoms. The first-order chi connectivity index (χ1) is 9.29. The normalized spacial score (nSPS) is 10.3. The fraction of sp³-hybridized carbons (Fsp3) is 0.0714. The van der Waals surface area contributed by atoms with E-state index in [4.69, 9.17) is 5.26 Å². The molecule has 0 saturated carbocycles. The van der Waals surface area contributed by atoms with Crippen molar-refractivity contribution in [1.29, 1.82) is 5.26 Å². The summed E-state index contributed by atoms with van der Waals surface area (Å²) in [4.78, 5) is 10.1. The minimum atomic E-state index is 0.372. The minimum absolute atomic E-state index is 0.372. The van der Waals surface area contributed by atoms with Crippen LogP contribution in [-0.4, -0.2) is 17.0 Å². The van der Waals surface area contributed by atoms with Crippen LogP contribution in [-0.2, 0) is 0 Å². The standard InChI is InChI=1S/C14H10N4S/c1-18(14-6-10(7-15)16-9-17-14)12-8-19-13-5-3-2-4-11(12)13/h2-6,8-9H,1H3. The number of fused-ring (bicyclic) bond motifs is 1. The van der Waals surface area contributed by atoms with Gasteiger partial charge in [-0.25, -0.2) is 9.97 Å². The van der Waals surface area contributed by atoms with Gasteiger partial charge in [0, 0.05) is 28.6 Å². The van der Waals surface area contributed by atoms with E-state index in [1.807, 2.05) is 30.1 Å². The van der Waals surface area contributed by atoms with Crippen molar-refractivity contribution in [2.24, 2.45) is 0 Å². The first kappa shape index (κ1) is 11.6. The zero-order chi connectivity index (χ0) is 13.2. The third-order valence-corrected chi connectivity index (χ3v) is 3.88. The van der Waals surface area contributed by atoms with Gasteiger partial charge in [0.2, 0.25) is 0 Å². The maximum atomic E-state index is 8.89. The third-order valence-electron chi connectivity index (χ3n) is 2.93. The second-order valence-electron chi connectivity index (χ2n) is 4.05. The van der Waals surface area contributed by atoms with Crippen LogP contribution in [0.3, 0.4) is 0 Å². The number of nitrogens with zero attached hydrogens (tertiary/aromatic N) is 4. The van der Waals surface area contributed by atoms with Gasteiger partial charge in [0.1, 0.15) is 23.9 Å². The Bertz CT molecular complexity index is 772. The summed E-state index contributed by atoms with van der Waals surface area (Å²) in [6.07, 6.45) is 1.42. The Labute approximate surface area is 114 Å². The Morgan fingerprint density at radius 1 is 1.26 bits per heavy atom. The number of nitriles is 1. The molecule has 0 spiro atoms. The predicted octanol–water partition coefficient (Wildman–Crippen LogP) is 3.33. The molecule has 0 unspecified atom stereocenters. The van der Waals surface area contributed by atoms with Gasteiger partial charge < -0.3 is 4.90 Å². The van der Waals surface area contributed by atoms with Gasteiger partial charge in [-0.3, -0.25) is 0 Å². The van der Waals surface area contributed by atoms with Crippen molar-refractivity contribution in [3.05, 3.63) is 47.7 Å². The number of anilines is 2. The lowest BCUT2D eigenvalue weighted by molar-refractivity contribution is 1.07. The summed E-state index contributed by atoms with van der Waals surface area (Å²) in [5.74, 6) is 0.718. The van der Waals surface area contributed by atoms with Crippen molar-refractivity contribution in [2.45, 2.75) is 0 Å². The molecule has 0 aliphatic rings. The van der Waals surface area contributed by atoms with Crippen molar-refractivity contribution in [3.63, 3.8) is 0 Å². The molecular formula is C14H10N4S. The lowest BCUT2D eigenvalue weighted by Crippen LogP contribution is -2.11. The molecule has 0 amide bonds. The average molecular weight is 266 g/mol. The van der Waals surface area contributed by atoms with Crippen LogP contribution in [0.1, 0.15) is 5.69 Å². The van der Waals surface area contributed by atoms with Crippen molar-refractivity contribution >= 4 is 32.9 Å². The van der Waals surface area contributed by atoms with Gasteiger partial charge in [-0.05, 0) is 6.07 Å². The summed E-state index contributed by atoms with van der Waals surface area (Å²) >= 11 is 1.70. The zero-order valence-corrected chi connectivity index (χ0v) is 11.1. The molecule has 0 aliphatic heterocycles. The first-order valence-corrected chi connectivity index (χ1v) is 6.59. The highest BCUT2D eigenvalue weighted by Gasteiger charge is 2.11. The van der Waals surface area contributed by atoms with E-state index in [-0.39, 0.29) is 0 Å². The number of rotatable bonds is 2. The van der Waals surface area contributed by atoms with E-state index in [0.717, 1.165) is 11.5 Å². The fourth-order valence-electron chi connectivity index (χ4n) is 1.94. The van der Waals surface area contributed by atoms with Gasteiger partial charge >= 0.3 is 0 Å². The second kappa shape index (κ2) is 4.67. The van der Waals surface area contributed by atoms with Crippen LogP contribution < -0.4 is 4.90 Å². The van der Waals surface area contributed by atoms with Crippen LogP contribution >= 0.6 is 11.3 Å². The molecule has 2 heterocycles. The Balaban J connectivity index is 2.08. The van der Waals surface area contributed by atoms with E-state index in [1.54, 1.807) is 17.4 Å². The Hall–Kier alpha value is -2.45. The monoisotopic (exact) mass is 266 g/mol. The summed E-state index contributed by atoms with van der Waals surface area (Å²) in [6, 6.07) is 11.9. The van der Waals surface area contributed by atoms with Crippen LogP contribution in [0.15, 0.2) is 42.0 Å². The molecule has 19 heavy (non-hydrogen) atoms. The van der Waals surface area contributed by atoms with Crippen molar-refractivity contribution < 1.29 is 0 Å². The Morgan fingerprint density at radius 3 is 2.95 bits per heavy atom. The van der Waals surface area contributed by atoms with Gasteiger partial charge in [0.15, 0.2) is 0 Å². The predicted molar refractivity (Wildman–Crippen MR) is 76.6 cm³/mol. The van der Waals surface area contributed by atoms with E-state index in [1.165, 1.54) is 16.4 Å². The summed E-state index contributed by atoms with van der Waals surface area (Å²) in [5.41, 5.74) is 1.46. The molecule has 92 valence electrons. The molecule has 2 aromatic heterocycles. The number of thiophene rings is 1.